The molecule has 0 saturated carbocycles. The smallest absolute Gasteiger partial charge is 0.255 e. The summed E-state index contributed by atoms with van der Waals surface area (Å²) in [5.41, 5.74) is 2.66. The fourth-order valence-corrected chi connectivity index (χ4v) is 4.02. The molecule has 2 N–H and O–H groups in total. The van der Waals surface area contributed by atoms with Gasteiger partial charge in [0.25, 0.3) is 11.8 Å². The number of piperazine rings is 1. The summed E-state index contributed by atoms with van der Waals surface area (Å²) >= 11 is 0. The molecule has 37 heavy (non-hydrogen) atoms. The van der Waals surface area contributed by atoms with E-state index in [1.165, 1.54) is 6.07 Å². The number of ether oxygens (including phenoxy) is 1. The van der Waals surface area contributed by atoms with Crippen molar-refractivity contribution in [2.24, 2.45) is 0 Å². The summed E-state index contributed by atoms with van der Waals surface area (Å²) in [6.07, 6.45) is 0. The van der Waals surface area contributed by atoms with Crippen molar-refractivity contribution >= 4 is 29.1 Å². The van der Waals surface area contributed by atoms with Crippen molar-refractivity contribution in [1.29, 1.82) is 0 Å². The zero-order valence-corrected chi connectivity index (χ0v) is 20.4. The molecule has 9 heteroatoms. The molecule has 0 aromatic heterocycles. The highest BCUT2D eigenvalue weighted by molar-refractivity contribution is 6.04. The summed E-state index contributed by atoms with van der Waals surface area (Å²) in [7, 11) is 0. The van der Waals surface area contributed by atoms with Crippen LogP contribution in [0.25, 0.3) is 0 Å². The maximum Gasteiger partial charge on any atom is 0.255 e. The van der Waals surface area contributed by atoms with E-state index < -0.39 is 12.6 Å². The monoisotopic (exact) mass is 503 g/mol. The highest BCUT2D eigenvalue weighted by Crippen LogP contribution is 2.20. The Morgan fingerprint density at radius 1 is 0.811 bits per heavy atom. The van der Waals surface area contributed by atoms with Gasteiger partial charge in [-0.2, -0.15) is 0 Å². The van der Waals surface area contributed by atoms with E-state index in [1.54, 1.807) is 35.2 Å². The first-order valence-electron chi connectivity index (χ1n) is 12.1. The summed E-state index contributed by atoms with van der Waals surface area (Å²) < 4.78 is 17.5. The number of hydrogen-bond acceptors (Lipinski definition) is 5. The molecule has 0 aliphatic carbocycles. The van der Waals surface area contributed by atoms with Gasteiger partial charge in [0.15, 0.2) is 0 Å². The van der Waals surface area contributed by atoms with Crippen molar-refractivity contribution in [3.63, 3.8) is 0 Å². The van der Waals surface area contributed by atoms with Gasteiger partial charge in [-0.1, -0.05) is 24.3 Å². The van der Waals surface area contributed by atoms with Crippen molar-refractivity contribution in [3.8, 4) is 5.75 Å². The lowest BCUT2D eigenvalue weighted by Gasteiger charge is -2.36. The number of rotatable bonds is 9. The molecule has 1 aliphatic rings. The predicted octanol–water partition coefficient (Wildman–Crippen LogP) is 3.37. The maximum absolute atomic E-state index is 12.6. The lowest BCUT2D eigenvalue weighted by molar-refractivity contribution is -0.130. The van der Waals surface area contributed by atoms with Crippen molar-refractivity contribution in [1.82, 2.24) is 10.2 Å². The largest absolute Gasteiger partial charge is 0.491 e. The molecule has 1 aliphatic heterocycles. The van der Waals surface area contributed by atoms with Gasteiger partial charge in [-0.15, -0.1) is 0 Å². The van der Waals surface area contributed by atoms with Crippen LogP contribution in [0, 0.1) is 0 Å². The molecule has 3 amide bonds. The van der Waals surface area contributed by atoms with Crippen LogP contribution in [0.1, 0.15) is 20.7 Å². The number of benzene rings is 3. The number of halogens is 1. The van der Waals surface area contributed by atoms with Crippen LogP contribution >= 0.6 is 0 Å². The highest BCUT2D eigenvalue weighted by atomic mass is 18.2. The third kappa shape index (κ3) is 7.07. The summed E-state index contributed by atoms with van der Waals surface area (Å²) in [4.78, 5) is 41.3. The van der Waals surface area contributed by atoms with Crippen molar-refractivity contribution in [2.45, 2.75) is 0 Å². The Hall–Kier alpha value is -4.40. The van der Waals surface area contributed by atoms with E-state index in [1.807, 2.05) is 42.5 Å². The number of nitrogens with one attached hydrogen (secondary N) is 2. The van der Waals surface area contributed by atoms with Crippen LogP contribution in [0.2, 0.25) is 0 Å². The Labute approximate surface area is 215 Å². The number of carbonyl (C=O) groups excluding carboxylic acids is 3. The molecular weight excluding hydrogens is 474 g/mol. The van der Waals surface area contributed by atoms with E-state index >= 15 is 0 Å². The number of nitrogens with zero attached hydrogens (tertiary/aromatic N) is 2. The van der Waals surface area contributed by atoms with E-state index in [0.717, 1.165) is 5.69 Å². The third-order valence-corrected chi connectivity index (χ3v) is 6.00. The number of carbonyl (C=O) groups is 3. The first-order chi connectivity index (χ1) is 18.0. The Kier molecular flexibility index (Phi) is 8.70. The predicted molar refractivity (Wildman–Crippen MR) is 140 cm³/mol. The minimum atomic E-state index is -0.615. The molecule has 1 heterocycles. The third-order valence-electron chi connectivity index (χ3n) is 6.00. The normalized spacial score (nSPS) is 13.1. The van der Waals surface area contributed by atoms with E-state index in [2.05, 4.69) is 15.5 Å². The molecule has 192 valence electrons. The van der Waals surface area contributed by atoms with Crippen LogP contribution in [0.3, 0.4) is 0 Å². The molecule has 8 nitrogen and oxygen atoms in total. The molecule has 0 bridgehead atoms. The molecule has 0 unspecified atom stereocenters. The topological polar surface area (TPSA) is 91.0 Å². The van der Waals surface area contributed by atoms with Gasteiger partial charge in [0.1, 0.15) is 19.0 Å². The molecule has 3 aromatic rings. The van der Waals surface area contributed by atoms with Crippen molar-refractivity contribution in [2.75, 3.05) is 56.2 Å². The van der Waals surface area contributed by atoms with Gasteiger partial charge in [0, 0.05) is 48.7 Å². The highest BCUT2D eigenvalue weighted by Gasteiger charge is 2.22. The Bertz CT molecular complexity index is 1210. The second-order valence-electron chi connectivity index (χ2n) is 8.48. The molecule has 4 rings (SSSR count). The quantitative estimate of drug-likeness (QED) is 0.467. The van der Waals surface area contributed by atoms with Gasteiger partial charge in [0.2, 0.25) is 5.91 Å². The number of hydrogen-bond donors (Lipinski definition) is 2. The van der Waals surface area contributed by atoms with Crippen LogP contribution < -0.4 is 20.3 Å². The van der Waals surface area contributed by atoms with E-state index in [9.17, 15) is 18.8 Å². The van der Waals surface area contributed by atoms with E-state index in [0.29, 0.717) is 48.7 Å². The summed E-state index contributed by atoms with van der Waals surface area (Å²) in [5, 5.41) is 5.54. The second-order valence-corrected chi connectivity index (χ2v) is 8.48. The Morgan fingerprint density at radius 2 is 1.51 bits per heavy atom. The number of amides is 3. The average molecular weight is 504 g/mol. The lowest BCUT2D eigenvalue weighted by Crippen LogP contribution is -2.51. The van der Waals surface area contributed by atoms with Crippen LogP contribution in [-0.4, -0.2) is 68.6 Å². The first-order valence-corrected chi connectivity index (χ1v) is 12.1. The molecule has 0 spiro atoms. The Morgan fingerprint density at radius 3 is 2.22 bits per heavy atom. The van der Waals surface area contributed by atoms with Gasteiger partial charge < -0.3 is 25.2 Å². The molecule has 1 saturated heterocycles. The van der Waals surface area contributed by atoms with E-state index in [4.69, 9.17) is 4.74 Å². The molecule has 0 atom stereocenters. The molecule has 0 radical (unpaired) electrons. The van der Waals surface area contributed by atoms with Gasteiger partial charge in [-0.05, 0) is 54.6 Å². The standard InChI is InChI=1S/C28H29FN4O4/c29-13-18-37-25-8-4-7-22(19-25)27(35)30-20-26(34)33-16-14-32(15-17-33)24-11-9-23(10-12-24)31-28(36)21-5-2-1-3-6-21/h1-12,19H,13-18,20H2,(H,30,35)(H,31,36)/i29-1. The second kappa shape index (κ2) is 12.5. The zero-order chi connectivity index (χ0) is 26.0. The van der Waals surface area contributed by atoms with Crippen LogP contribution in [0.15, 0.2) is 78.9 Å². The fraction of sp³-hybridized carbons (Fsp3) is 0.250. The van der Waals surface area contributed by atoms with Crippen LogP contribution in [0.4, 0.5) is 15.8 Å². The van der Waals surface area contributed by atoms with Crippen molar-refractivity contribution < 1.29 is 23.5 Å². The van der Waals surface area contributed by atoms with Gasteiger partial charge in [-0.25, -0.2) is 4.39 Å². The number of anilines is 2. The van der Waals surface area contributed by atoms with E-state index in [-0.39, 0.29) is 25.0 Å². The summed E-state index contributed by atoms with van der Waals surface area (Å²) in [6.45, 7) is 1.58. The Balaban J connectivity index is 1.22. The fourth-order valence-electron chi connectivity index (χ4n) is 4.02. The molecule has 1 fully saturated rings. The van der Waals surface area contributed by atoms with Crippen molar-refractivity contribution in [3.05, 3.63) is 90.0 Å². The molecular formula is C28H29FN4O4. The maximum atomic E-state index is 12.6. The number of alkyl halides is 1. The van der Waals surface area contributed by atoms with Gasteiger partial charge in [-0.3, -0.25) is 14.4 Å². The first kappa shape index (κ1) is 25.7. The summed E-state index contributed by atoms with van der Waals surface area (Å²) in [6, 6.07) is 23.1. The molecule has 3 aromatic carbocycles. The van der Waals surface area contributed by atoms with Crippen LogP contribution in [0.5, 0.6) is 5.75 Å². The summed E-state index contributed by atoms with van der Waals surface area (Å²) in [5.74, 6) is -0.307. The lowest BCUT2D eigenvalue weighted by atomic mass is 10.2. The minimum absolute atomic E-state index is 0.0789. The van der Waals surface area contributed by atoms with Crippen LogP contribution in [-0.2, 0) is 4.79 Å². The zero-order valence-electron chi connectivity index (χ0n) is 20.4. The SMILES string of the molecule is O=C(NCC(=O)N1CCN(c2ccc(NC(=O)c3ccccc3)cc2)CC1)c1cccc(OCC[18F])c1. The minimum Gasteiger partial charge on any atom is -0.491 e. The average Bonchev–Trinajstić information content (AvgIpc) is 2.95. The van der Waals surface area contributed by atoms with Gasteiger partial charge in [0.05, 0.1) is 6.54 Å². The van der Waals surface area contributed by atoms with Gasteiger partial charge >= 0.3 is 0 Å².